The fraction of sp³-hybridized carbons (Fsp3) is 0.471. The number of hydrogen-bond donors (Lipinski definition) is 2. The second kappa shape index (κ2) is 8.77. The zero-order chi connectivity index (χ0) is 17.5. The molecule has 0 atom stereocenters. The van der Waals surface area contributed by atoms with Gasteiger partial charge < -0.3 is 15.2 Å². The van der Waals surface area contributed by atoms with Gasteiger partial charge in [-0.25, -0.2) is 0 Å². The minimum atomic E-state index is -0.209. The van der Waals surface area contributed by atoms with Crippen LogP contribution in [0.5, 0.6) is 0 Å². The fourth-order valence-corrected chi connectivity index (χ4v) is 3.40. The molecule has 2 amide bonds. The van der Waals surface area contributed by atoms with Crippen LogP contribution in [0.3, 0.4) is 0 Å². The Morgan fingerprint density at radius 1 is 1.40 bits per heavy atom. The summed E-state index contributed by atoms with van der Waals surface area (Å²) in [5.41, 5.74) is 0.308. The van der Waals surface area contributed by atoms with Gasteiger partial charge in [-0.05, 0) is 30.8 Å². The average molecular weight is 362 g/mol. The Morgan fingerprint density at radius 3 is 3.12 bits per heavy atom. The van der Waals surface area contributed by atoms with Crippen LogP contribution >= 0.6 is 11.3 Å². The van der Waals surface area contributed by atoms with Gasteiger partial charge in [-0.1, -0.05) is 17.6 Å². The summed E-state index contributed by atoms with van der Waals surface area (Å²) in [5.74, 6) is 0.512. The van der Waals surface area contributed by atoms with E-state index in [0.29, 0.717) is 24.5 Å². The van der Waals surface area contributed by atoms with Crippen molar-refractivity contribution < 1.29 is 14.1 Å². The van der Waals surface area contributed by atoms with Gasteiger partial charge in [0.15, 0.2) is 11.5 Å². The highest BCUT2D eigenvalue weighted by molar-refractivity contribution is 7.13. The van der Waals surface area contributed by atoms with Crippen molar-refractivity contribution in [3.05, 3.63) is 29.3 Å². The molecule has 0 unspecified atom stereocenters. The maximum atomic E-state index is 12.1. The zero-order valence-electron chi connectivity index (χ0n) is 14.0. The summed E-state index contributed by atoms with van der Waals surface area (Å²) in [7, 11) is 0. The van der Waals surface area contributed by atoms with Crippen molar-refractivity contribution in [2.45, 2.75) is 19.3 Å². The van der Waals surface area contributed by atoms with E-state index in [4.69, 9.17) is 4.52 Å². The first kappa shape index (κ1) is 17.6. The van der Waals surface area contributed by atoms with Gasteiger partial charge in [-0.3, -0.25) is 14.5 Å². The molecule has 1 aliphatic heterocycles. The van der Waals surface area contributed by atoms with Crippen LogP contribution in [0.15, 0.2) is 28.1 Å². The molecule has 2 N–H and O–H groups in total. The molecule has 3 rings (SSSR count). The molecule has 1 aliphatic rings. The summed E-state index contributed by atoms with van der Waals surface area (Å²) in [4.78, 5) is 26.5. The van der Waals surface area contributed by atoms with Crippen LogP contribution in [-0.4, -0.2) is 54.6 Å². The van der Waals surface area contributed by atoms with Gasteiger partial charge in [-0.15, -0.1) is 11.3 Å². The van der Waals surface area contributed by atoms with Crippen molar-refractivity contribution in [3.8, 4) is 10.6 Å². The van der Waals surface area contributed by atoms with E-state index in [0.717, 1.165) is 43.8 Å². The molecule has 0 aliphatic carbocycles. The van der Waals surface area contributed by atoms with Crippen molar-refractivity contribution in [1.82, 2.24) is 20.7 Å². The van der Waals surface area contributed by atoms with Crippen molar-refractivity contribution in [1.29, 1.82) is 0 Å². The molecule has 2 aromatic heterocycles. The van der Waals surface area contributed by atoms with Crippen LogP contribution in [-0.2, 0) is 4.79 Å². The number of carbonyl (C=O) groups excluding carboxylic acids is 2. The van der Waals surface area contributed by atoms with E-state index in [1.54, 1.807) is 17.4 Å². The molecule has 2 aromatic rings. The number of aromatic nitrogens is 1. The first-order valence-corrected chi connectivity index (χ1v) is 9.38. The molecular weight excluding hydrogens is 340 g/mol. The zero-order valence-corrected chi connectivity index (χ0v) is 14.8. The number of carbonyl (C=O) groups is 2. The number of unbranched alkanes of at least 4 members (excludes halogenated alkanes) is 2. The number of nitrogens with one attached hydrogen (secondary N) is 2. The maximum Gasteiger partial charge on any atom is 0.273 e. The fourth-order valence-electron chi connectivity index (χ4n) is 2.73. The SMILES string of the molecule is O=C1CN(CCCCCNC(=O)c2cc(-c3cccs3)on2)CCN1. The van der Waals surface area contributed by atoms with Gasteiger partial charge in [-0.2, -0.15) is 0 Å². The quantitative estimate of drug-likeness (QED) is 0.699. The van der Waals surface area contributed by atoms with E-state index in [1.165, 1.54) is 0 Å². The number of nitrogens with zero attached hydrogens (tertiary/aromatic N) is 2. The molecule has 1 fully saturated rings. The summed E-state index contributed by atoms with van der Waals surface area (Å²) in [5, 5.41) is 11.5. The second-order valence-electron chi connectivity index (χ2n) is 6.00. The molecule has 134 valence electrons. The molecule has 0 saturated carbocycles. The standard InChI is InChI=1S/C17H22N4O3S/c22-16-12-21(9-7-18-16)8-3-1-2-6-19-17(23)13-11-14(24-20-13)15-5-4-10-25-15/h4-5,10-11H,1-3,6-9,12H2,(H,18,22)(H,19,23). The van der Waals surface area contributed by atoms with Crippen LogP contribution in [0.2, 0.25) is 0 Å². The second-order valence-corrected chi connectivity index (χ2v) is 6.94. The van der Waals surface area contributed by atoms with E-state index < -0.39 is 0 Å². The van der Waals surface area contributed by atoms with Crippen LogP contribution in [0.4, 0.5) is 0 Å². The van der Waals surface area contributed by atoms with Gasteiger partial charge in [0.2, 0.25) is 5.91 Å². The van der Waals surface area contributed by atoms with Crippen LogP contribution in [0.25, 0.3) is 10.6 Å². The molecule has 0 spiro atoms. The topological polar surface area (TPSA) is 87.5 Å². The Bertz CT molecular complexity index is 699. The molecule has 8 heteroatoms. The lowest BCUT2D eigenvalue weighted by molar-refractivity contribution is -0.124. The minimum Gasteiger partial charge on any atom is -0.355 e. The van der Waals surface area contributed by atoms with Crippen LogP contribution < -0.4 is 10.6 Å². The molecular formula is C17H22N4O3S. The van der Waals surface area contributed by atoms with E-state index in [2.05, 4.69) is 20.7 Å². The predicted octanol–water partition coefficient (Wildman–Crippen LogP) is 1.73. The molecule has 0 aromatic carbocycles. The van der Waals surface area contributed by atoms with E-state index in [9.17, 15) is 9.59 Å². The van der Waals surface area contributed by atoms with Gasteiger partial charge >= 0.3 is 0 Å². The third-order valence-electron chi connectivity index (χ3n) is 4.06. The number of amides is 2. The molecule has 25 heavy (non-hydrogen) atoms. The van der Waals surface area contributed by atoms with Crippen molar-refractivity contribution >= 4 is 23.2 Å². The summed E-state index contributed by atoms with van der Waals surface area (Å²) in [6.07, 6.45) is 2.94. The lowest BCUT2D eigenvalue weighted by atomic mass is 10.2. The lowest BCUT2D eigenvalue weighted by Gasteiger charge is -2.26. The summed E-state index contributed by atoms with van der Waals surface area (Å²) < 4.78 is 5.21. The predicted molar refractivity (Wildman–Crippen MR) is 95.4 cm³/mol. The number of rotatable bonds is 8. The highest BCUT2D eigenvalue weighted by Crippen LogP contribution is 2.24. The number of piperazine rings is 1. The normalized spacial score (nSPS) is 15.1. The maximum absolute atomic E-state index is 12.1. The van der Waals surface area contributed by atoms with E-state index in [-0.39, 0.29) is 11.8 Å². The molecule has 0 bridgehead atoms. The van der Waals surface area contributed by atoms with Crippen LogP contribution in [0, 0.1) is 0 Å². The number of hydrogen-bond acceptors (Lipinski definition) is 6. The Hall–Kier alpha value is -2.19. The van der Waals surface area contributed by atoms with Crippen molar-refractivity contribution in [3.63, 3.8) is 0 Å². The average Bonchev–Trinajstić information content (AvgIpc) is 3.28. The first-order valence-electron chi connectivity index (χ1n) is 8.50. The first-order chi connectivity index (χ1) is 12.2. The highest BCUT2D eigenvalue weighted by Gasteiger charge is 2.15. The van der Waals surface area contributed by atoms with Crippen LogP contribution in [0.1, 0.15) is 29.8 Å². The van der Waals surface area contributed by atoms with E-state index in [1.807, 2.05) is 17.5 Å². The molecule has 3 heterocycles. The molecule has 1 saturated heterocycles. The summed E-state index contributed by atoms with van der Waals surface area (Å²) in [6, 6.07) is 5.53. The van der Waals surface area contributed by atoms with Crippen molar-refractivity contribution in [2.75, 3.05) is 32.7 Å². The highest BCUT2D eigenvalue weighted by atomic mass is 32.1. The third-order valence-corrected chi connectivity index (χ3v) is 4.95. The lowest BCUT2D eigenvalue weighted by Crippen LogP contribution is -2.47. The molecule has 0 radical (unpaired) electrons. The Labute approximate surface area is 150 Å². The van der Waals surface area contributed by atoms with E-state index >= 15 is 0 Å². The Balaban J connectivity index is 1.31. The van der Waals surface area contributed by atoms with Gasteiger partial charge in [0.05, 0.1) is 11.4 Å². The third kappa shape index (κ3) is 5.14. The Kier molecular flexibility index (Phi) is 6.19. The monoisotopic (exact) mass is 362 g/mol. The largest absolute Gasteiger partial charge is 0.355 e. The molecule has 7 nitrogen and oxygen atoms in total. The van der Waals surface area contributed by atoms with Gasteiger partial charge in [0, 0.05) is 25.7 Å². The minimum absolute atomic E-state index is 0.105. The summed E-state index contributed by atoms with van der Waals surface area (Å²) >= 11 is 1.55. The Morgan fingerprint density at radius 2 is 2.32 bits per heavy atom. The number of thiophene rings is 1. The smallest absolute Gasteiger partial charge is 0.273 e. The summed E-state index contributed by atoms with van der Waals surface area (Å²) in [6.45, 7) is 3.69. The van der Waals surface area contributed by atoms with Gasteiger partial charge in [0.25, 0.3) is 5.91 Å². The van der Waals surface area contributed by atoms with Gasteiger partial charge in [0.1, 0.15) is 0 Å². The van der Waals surface area contributed by atoms with Crippen molar-refractivity contribution in [2.24, 2.45) is 0 Å².